The van der Waals surface area contributed by atoms with E-state index in [9.17, 15) is 24.3 Å². The Morgan fingerprint density at radius 1 is 1.26 bits per heavy atom. The number of carboxylic acid groups (broad SMARTS) is 2. The first-order valence-corrected chi connectivity index (χ1v) is 13.3. The second-order valence-electron chi connectivity index (χ2n) is 6.86. The second kappa shape index (κ2) is 13.9. The molecule has 2 amide bonds. The summed E-state index contributed by atoms with van der Waals surface area (Å²) in [6, 6.07) is 2.93. The fourth-order valence-corrected chi connectivity index (χ4v) is 6.80. The van der Waals surface area contributed by atoms with E-state index in [4.69, 9.17) is 5.11 Å². The molecule has 4 heterocycles. The number of H-pyrrole nitrogens is 1. The molecule has 2 atom stereocenters. The van der Waals surface area contributed by atoms with Gasteiger partial charge >= 0.3 is 71.1 Å². The third kappa shape index (κ3) is 7.52. The number of nitrogens with zero attached hydrogens (tertiary/aromatic N) is 3. The molecule has 1 saturated heterocycles. The van der Waals surface area contributed by atoms with Crippen molar-refractivity contribution in [3.05, 3.63) is 33.7 Å². The molecular weight excluding hydrogens is 556 g/mol. The fraction of sp³-hybridized carbons (Fsp3) is 0.333. The van der Waals surface area contributed by atoms with Gasteiger partial charge in [-0.25, -0.2) is 4.79 Å². The van der Waals surface area contributed by atoms with Crippen LogP contribution in [0.25, 0.3) is 0 Å². The van der Waals surface area contributed by atoms with Crippen LogP contribution in [0.3, 0.4) is 0 Å². The number of nitrogens with one attached hydrogen (secondary N) is 2. The minimum atomic E-state index is -1.21. The SMILES string of the molecule is O=C(O)CSc1n[nH]c(SCC2=C(C(=O)O)N3C(=O)C(NC(=O)Cc4cccs4)[C@H]3SC2)n1.[NaH].[NaH]. The van der Waals surface area contributed by atoms with Crippen LogP contribution in [0, 0.1) is 0 Å². The number of carbonyl (C=O) groups excluding carboxylic acids is 2. The molecule has 0 spiro atoms. The van der Waals surface area contributed by atoms with E-state index in [1.165, 1.54) is 39.8 Å². The number of aliphatic carboxylic acids is 2. The fourth-order valence-electron chi connectivity index (χ4n) is 3.23. The maximum atomic E-state index is 12.7. The summed E-state index contributed by atoms with van der Waals surface area (Å²) in [5.74, 6) is -2.43. The Hall–Kier alpha value is -0.490. The van der Waals surface area contributed by atoms with Crippen molar-refractivity contribution in [2.75, 3.05) is 17.3 Å². The van der Waals surface area contributed by atoms with Gasteiger partial charge in [0.2, 0.25) is 11.1 Å². The third-order valence-electron chi connectivity index (χ3n) is 4.63. The summed E-state index contributed by atoms with van der Waals surface area (Å²) in [5, 5.41) is 29.9. The second-order valence-corrected chi connectivity index (χ2v) is 10.9. The number of aromatic amines is 1. The van der Waals surface area contributed by atoms with E-state index in [0.29, 0.717) is 16.5 Å². The molecule has 1 fully saturated rings. The number of carbonyl (C=O) groups is 4. The standard InChI is InChI=1S/C18H17N5O6S4.2Na.2H/c24-10(4-9-2-1-3-30-9)19-12-14(27)23-13(16(28)29)8(5-31-15(12)23)6-32-17-20-18(22-21-17)33-7-11(25)26;;;;/h1-3,12,15H,4-7H2,(H,19,24)(H,25,26)(H,28,29)(H,20,21,22);;;;/t12?,15-;;;;/m1..../s1. The van der Waals surface area contributed by atoms with Crippen LogP contribution in [0.5, 0.6) is 0 Å². The van der Waals surface area contributed by atoms with Gasteiger partial charge in [0.1, 0.15) is 17.1 Å². The van der Waals surface area contributed by atoms with Gasteiger partial charge < -0.3 is 15.5 Å². The van der Waals surface area contributed by atoms with Crippen LogP contribution >= 0.6 is 46.6 Å². The summed E-state index contributed by atoms with van der Waals surface area (Å²) in [5.41, 5.74) is 0.488. The molecule has 0 aliphatic carbocycles. The van der Waals surface area contributed by atoms with Crippen LogP contribution < -0.4 is 5.32 Å². The average Bonchev–Trinajstić information content (AvgIpc) is 3.45. The average molecular weight is 576 g/mol. The molecule has 11 nitrogen and oxygen atoms in total. The van der Waals surface area contributed by atoms with Gasteiger partial charge in [0, 0.05) is 16.4 Å². The quantitative estimate of drug-likeness (QED) is 0.169. The van der Waals surface area contributed by atoms with E-state index in [2.05, 4.69) is 20.5 Å². The molecule has 2 aliphatic heterocycles. The van der Waals surface area contributed by atoms with Gasteiger partial charge in [-0.2, -0.15) is 4.98 Å². The van der Waals surface area contributed by atoms with Gasteiger partial charge in [-0.15, -0.1) is 28.2 Å². The molecule has 0 saturated carbocycles. The molecule has 178 valence electrons. The zero-order valence-corrected chi connectivity index (χ0v) is 20.0. The van der Waals surface area contributed by atoms with Crippen LogP contribution in [0.4, 0.5) is 0 Å². The molecule has 0 bridgehead atoms. The van der Waals surface area contributed by atoms with E-state index in [0.717, 1.165) is 16.6 Å². The number of amides is 2. The molecule has 0 aromatic carbocycles. The Balaban J connectivity index is 0.00000216. The summed E-state index contributed by atoms with van der Waals surface area (Å²) in [7, 11) is 0. The molecule has 4 rings (SSSR count). The summed E-state index contributed by atoms with van der Waals surface area (Å²) in [4.78, 5) is 53.9. The van der Waals surface area contributed by atoms with Crippen molar-refractivity contribution in [3.63, 3.8) is 0 Å². The topological polar surface area (TPSA) is 166 Å². The Morgan fingerprint density at radius 3 is 2.69 bits per heavy atom. The number of hydrogen-bond donors (Lipinski definition) is 4. The summed E-state index contributed by atoms with van der Waals surface area (Å²) < 4.78 is 0. The Morgan fingerprint density at radius 2 is 2.03 bits per heavy atom. The molecule has 2 aromatic heterocycles. The summed E-state index contributed by atoms with van der Waals surface area (Å²) >= 11 is 5.03. The molecule has 17 heteroatoms. The predicted octanol–water partition coefficient (Wildman–Crippen LogP) is -0.181. The molecule has 1 unspecified atom stereocenters. The van der Waals surface area contributed by atoms with Gasteiger partial charge in [-0.3, -0.25) is 24.4 Å². The maximum absolute atomic E-state index is 12.7. The molecule has 0 radical (unpaired) electrons. The van der Waals surface area contributed by atoms with Crippen molar-refractivity contribution in [2.24, 2.45) is 0 Å². The van der Waals surface area contributed by atoms with Crippen LogP contribution in [-0.4, -0.2) is 142 Å². The van der Waals surface area contributed by atoms with E-state index in [1.54, 1.807) is 0 Å². The van der Waals surface area contributed by atoms with E-state index < -0.39 is 29.3 Å². The summed E-state index contributed by atoms with van der Waals surface area (Å²) in [6.07, 6.45) is 0.173. The summed E-state index contributed by atoms with van der Waals surface area (Å²) in [6.45, 7) is 0. The normalized spacial score (nSPS) is 18.6. The van der Waals surface area contributed by atoms with Crippen molar-refractivity contribution in [3.8, 4) is 0 Å². The minimum absolute atomic E-state index is 0. The number of carboxylic acids is 2. The Bertz CT molecular complexity index is 1130. The van der Waals surface area contributed by atoms with Crippen molar-refractivity contribution in [1.29, 1.82) is 0 Å². The van der Waals surface area contributed by atoms with Crippen molar-refractivity contribution < 1.29 is 29.4 Å². The van der Waals surface area contributed by atoms with Crippen molar-refractivity contribution in [2.45, 2.75) is 28.1 Å². The van der Waals surface area contributed by atoms with Gasteiger partial charge in [-0.1, -0.05) is 29.6 Å². The zero-order valence-electron chi connectivity index (χ0n) is 16.7. The van der Waals surface area contributed by atoms with Gasteiger partial charge in [0.05, 0.1) is 12.2 Å². The van der Waals surface area contributed by atoms with Crippen molar-refractivity contribution in [1.82, 2.24) is 25.4 Å². The molecule has 35 heavy (non-hydrogen) atoms. The number of β-lactam (4-membered cyclic amide) rings is 1. The van der Waals surface area contributed by atoms with Gasteiger partial charge in [0.15, 0.2) is 5.16 Å². The number of fused-ring (bicyclic) bond motifs is 1. The first-order valence-electron chi connectivity index (χ1n) is 9.45. The molecule has 2 aromatic rings. The van der Waals surface area contributed by atoms with Gasteiger partial charge in [0.25, 0.3) is 5.91 Å². The van der Waals surface area contributed by atoms with E-state index in [1.807, 2.05) is 17.5 Å². The van der Waals surface area contributed by atoms with E-state index >= 15 is 0 Å². The van der Waals surface area contributed by atoms with Crippen LogP contribution in [0.1, 0.15) is 4.88 Å². The molecular formula is C18H19N5Na2O6S4. The van der Waals surface area contributed by atoms with Gasteiger partial charge in [-0.05, 0) is 17.0 Å². The Labute approximate surface area is 260 Å². The van der Waals surface area contributed by atoms with Crippen LogP contribution in [0.15, 0.2) is 39.1 Å². The number of rotatable bonds is 10. The first-order chi connectivity index (χ1) is 15.8. The van der Waals surface area contributed by atoms with Crippen LogP contribution in [-0.2, 0) is 25.6 Å². The first kappa shape index (κ1) is 30.7. The number of aromatic nitrogens is 3. The molecule has 2 aliphatic rings. The molecule has 4 N–H and O–H groups in total. The Kier molecular flexibility index (Phi) is 12.2. The zero-order chi connectivity index (χ0) is 23.5. The predicted molar refractivity (Wildman–Crippen MR) is 137 cm³/mol. The number of thioether (sulfide) groups is 3. The number of thiophene rings is 1. The van der Waals surface area contributed by atoms with Crippen molar-refractivity contribution >= 4 is 129 Å². The number of hydrogen-bond acceptors (Lipinski definition) is 10. The van der Waals surface area contributed by atoms with Crippen LogP contribution in [0.2, 0.25) is 0 Å². The monoisotopic (exact) mass is 575 g/mol. The third-order valence-corrected chi connectivity index (χ3v) is 8.63. The van der Waals surface area contributed by atoms with E-state index in [-0.39, 0.29) is 93.8 Å².